The van der Waals surface area contributed by atoms with Gasteiger partial charge in [-0.3, -0.25) is 9.69 Å². The van der Waals surface area contributed by atoms with Crippen molar-refractivity contribution >= 4 is 5.91 Å². The quantitative estimate of drug-likeness (QED) is 0.872. The van der Waals surface area contributed by atoms with Gasteiger partial charge in [-0.15, -0.1) is 0 Å². The van der Waals surface area contributed by atoms with Crippen LogP contribution in [-0.2, 0) is 17.9 Å². The second-order valence-electron chi connectivity index (χ2n) is 5.34. The minimum absolute atomic E-state index is 0.0144. The molecule has 5 nitrogen and oxygen atoms in total. The molecular formula is C13H21F3N4O. The molecule has 0 aliphatic heterocycles. The van der Waals surface area contributed by atoms with Crippen molar-refractivity contribution in [2.24, 2.45) is 0 Å². The summed E-state index contributed by atoms with van der Waals surface area (Å²) in [5.74, 6) is 0.112. The number of nitrogens with zero attached hydrogens (tertiary/aromatic N) is 3. The lowest BCUT2D eigenvalue weighted by Gasteiger charge is -2.25. The number of hydrogen-bond acceptors (Lipinski definition) is 3. The van der Waals surface area contributed by atoms with E-state index < -0.39 is 18.8 Å². The smallest absolute Gasteiger partial charge is 0.353 e. The van der Waals surface area contributed by atoms with Crippen LogP contribution in [0.1, 0.15) is 26.6 Å². The van der Waals surface area contributed by atoms with E-state index in [1.807, 2.05) is 13.8 Å². The average Bonchev–Trinajstić information content (AvgIpc) is 2.72. The first kappa shape index (κ1) is 17.5. The van der Waals surface area contributed by atoms with E-state index in [1.165, 1.54) is 12.4 Å². The molecule has 0 fully saturated rings. The van der Waals surface area contributed by atoms with Gasteiger partial charge in [-0.05, 0) is 27.8 Å². The van der Waals surface area contributed by atoms with Crippen LogP contribution in [0, 0.1) is 0 Å². The number of rotatable bonds is 6. The molecule has 0 aliphatic carbocycles. The highest BCUT2D eigenvalue weighted by molar-refractivity contribution is 5.81. The number of likely N-dealkylation sites (N-methyl/N-ethyl adjacent to an activating group) is 1. The summed E-state index contributed by atoms with van der Waals surface area (Å²) in [4.78, 5) is 17.5. The van der Waals surface area contributed by atoms with Gasteiger partial charge >= 0.3 is 6.18 Å². The zero-order valence-electron chi connectivity index (χ0n) is 12.6. The monoisotopic (exact) mass is 306 g/mol. The Hall–Kier alpha value is -1.57. The fraction of sp³-hybridized carbons (Fsp3) is 0.692. The molecule has 0 bridgehead atoms. The van der Waals surface area contributed by atoms with Crippen LogP contribution in [0.3, 0.4) is 0 Å². The molecular weight excluding hydrogens is 285 g/mol. The molecule has 1 atom stereocenters. The molecule has 0 unspecified atom stereocenters. The number of carbonyl (C=O) groups is 1. The zero-order chi connectivity index (χ0) is 16.2. The number of hydrogen-bond donors (Lipinski definition) is 1. The Labute approximate surface area is 122 Å². The van der Waals surface area contributed by atoms with E-state index in [-0.39, 0.29) is 24.3 Å². The molecule has 0 radical (unpaired) electrons. The fourth-order valence-electron chi connectivity index (χ4n) is 1.79. The Morgan fingerprint density at radius 3 is 2.57 bits per heavy atom. The van der Waals surface area contributed by atoms with Crippen LogP contribution in [-0.4, -0.2) is 45.7 Å². The van der Waals surface area contributed by atoms with E-state index in [9.17, 15) is 18.0 Å². The minimum Gasteiger partial charge on any atom is -0.353 e. The van der Waals surface area contributed by atoms with Crippen molar-refractivity contribution in [3.8, 4) is 0 Å². The highest BCUT2D eigenvalue weighted by atomic mass is 19.4. The van der Waals surface area contributed by atoms with Crippen molar-refractivity contribution in [3.63, 3.8) is 0 Å². The molecule has 0 saturated heterocycles. The average molecular weight is 306 g/mol. The number of carbonyl (C=O) groups excluding carboxylic acids is 1. The third kappa shape index (κ3) is 5.74. The Balaban J connectivity index is 2.69. The van der Waals surface area contributed by atoms with Gasteiger partial charge in [0, 0.05) is 18.4 Å². The second-order valence-corrected chi connectivity index (χ2v) is 5.34. The number of imidazole rings is 1. The number of nitrogens with one attached hydrogen (secondary N) is 1. The molecule has 0 saturated carbocycles. The van der Waals surface area contributed by atoms with Gasteiger partial charge in [-0.2, -0.15) is 13.2 Å². The van der Waals surface area contributed by atoms with Gasteiger partial charge in [-0.1, -0.05) is 0 Å². The van der Waals surface area contributed by atoms with Crippen molar-refractivity contribution in [2.75, 3.05) is 7.05 Å². The number of amides is 1. The highest BCUT2D eigenvalue weighted by Crippen LogP contribution is 2.18. The predicted molar refractivity (Wildman–Crippen MR) is 72.5 cm³/mol. The van der Waals surface area contributed by atoms with Crippen molar-refractivity contribution in [1.82, 2.24) is 19.8 Å². The third-order valence-electron chi connectivity index (χ3n) is 3.01. The summed E-state index contributed by atoms with van der Waals surface area (Å²) in [5, 5.41) is 2.77. The van der Waals surface area contributed by atoms with Gasteiger partial charge in [0.2, 0.25) is 5.91 Å². The summed E-state index contributed by atoms with van der Waals surface area (Å²) in [5.41, 5.74) is 0. The SMILES string of the molecule is CC(C)NC(=O)[C@@H](C)N(C)Cc1nccn1CC(F)(F)F. The standard InChI is InChI=1S/C13H21F3N4O/c1-9(2)18-12(21)10(3)19(4)7-11-17-5-6-20(11)8-13(14,15)16/h5-6,9-10H,7-8H2,1-4H3,(H,18,21)/t10-/m1/s1. The molecule has 0 aliphatic rings. The first-order chi connectivity index (χ1) is 9.60. The molecule has 1 rings (SSSR count). The molecule has 0 spiro atoms. The van der Waals surface area contributed by atoms with E-state index >= 15 is 0 Å². The van der Waals surface area contributed by atoms with Crippen LogP contribution in [0.4, 0.5) is 13.2 Å². The predicted octanol–water partition coefficient (Wildman–Crippen LogP) is 1.79. The summed E-state index contributed by atoms with van der Waals surface area (Å²) < 4.78 is 38.4. The van der Waals surface area contributed by atoms with Gasteiger partial charge in [0.1, 0.15) is 12.4 Å². The van der Waals surface area contributed by atoms with Crippen LogP contribution in [0.2, 0.25) is 0 Å². The number of halogens is 3. The normalized spacial score (nSPS) is 13.8. The van der Waals surface area contributed by atoms with Crippen LogP contribution >= 0.6 is 0 Å². The van der Waals surface area contributed by atoms with Gasteiger partial charge in [0.15, 0.2) is 0 Å². The lowest BCUT2D eigenvalue weighted by Crippen LogP contribution is -2.45. The van der Waals surface area contributed by atoms with E-state index in [0.29, 0.717) is 0 Å². The topological polar surface area (TPSA) is 50.2 Å². The molecule has 1 amide bonds. The number of alkyl halides is 3. The maximum absolute atomic E-state index is 12.4. The number of aromatic nitrogens is 2. The van der Waals surface area contributed by atoms with Crippen LogP contribution < -0.4 is 5.32 Å². The maximum atomic E-state index is 12.4. The lowest BCUT2D eigenvalue weighted by molar-refractivity contribution is -0.141. The summed E-state index contributed by atoms with van der Waals surface area (Å²) in [6, 6.07) is -0.441. The Morgan fingerprint density at radius 1 is 1.43 bits per heavy atom. The van der Waals surface area contributed by atoms with Crippen molar-refractivity contribution in [2.45, 2.75) is 52.1 Å². The van der Waals surface area contributed by atoms with E-state index in [0.717, 1.165) is 4.57 Å². The first-order valence-corrected chi connectivity index (χ1v) is 6.67. The van der Waals surface area contributed by atoms with E-state index in [4.69, 9.17) is 0 Å². The molecule has 21 heavy (non-hydrogen) atoms. The first-order valence-electron chi connectivity index (χ1n) is 6.67. The molecule has 0 aromatic carbocycles. The summed E-state index contributed by atoms with van der Waals surface area (Å²) in [6.07, 6.45) is -1.68. The second kappa shape index (κ2) is 6.93. The van der Waals surface area contributed by atoms with Gasteiger partial charge in [0.25, 0.3) is 0 Å². The lowest BCUT2D eigenvalue weighted by atomic mass is 10.2. The third-order valence-corrected chi connectivity index (χ3v) is 3.01. The molecule has 8 heteroatoms. The molecule has 1 aromatic rings. The van der Waals surface area contributed by atoms with Crippen molar-refractivity contribution in [1.29, 1.82) is 0 Å². The van der Waals surface area contributed by atoms with E-state index in [1.54, 1.807) is 18.9 Å². The Bertz CT molecular complexity index is 470. The molecule has 1 heterocycles. The van der Waals surface area contributed by atoms with E-state index in [2.05, 4.69) is 10.3 Å². The molecule has 1 aromatic heterocycles. The summed E-state index contributed by atoms with van der Waals surface area (Å²) in [6.45, 7) is 4.48. The maximum Gasteiger partial charge on any atom is 0.406 e. The fourth-order valence-corrected chi connectivity index (χ4v) is 1.79. The van der Waals surface area contributed by atoms with Crippen LogP contribution in [0.5, 0.6) is 0 Å². The summed E-state index contributed by atoms with van der Waals surface area (Å²) >= 11 is 0. The van der Waals surface area contributed by atoms with Gasteiger partial charge < -0.3 is 9.88 Å². The van der Waals surface area contributed by atoms with Crippen LogP contribution in [0.25, 0.3) is 0 Å². The van der Waals surface area contributed by atoms with Crippen molar-refractivity contribution < 1.29 is 18.0 Å². The highest BCUT2D eigenvalue weighted by Gasteiger charge is 2.29. The molecule has 1 N–H and O–H groups in total. The minimum atomic E-state index is -4.30. The van der Waals surface area contributed by atoms with Gasteiger partial charge in [-0.25, -0.2) is 4.98 Å². The Kier molecular flexibility index (Phi) is 5.77. The van der Waals surface area contributed by atoms with Crippen LogP contribution in [0.15, 0.2) is 12.4 Å². The largest absolute Gasteiger partial charge is 0.406 e. The zero-order valence-corrected chi connectivity index (χ0v) is 12.6. The Morgan fingerprint density at radius 2 is 2.05 bits per heavy atom. The molecule has 120 valence electrons. The van der Waals surface area contributed by atoms with Gasteiger partial charge in [0.05, 0.1) is 12.6 Å². The summed E-state index contributed by atoms with van der Waals surface area (Å²) in [7, 11) is 1.68. The van der Waals surface area contributed by atoms with Crippen molar-refractivity contribution in [3.05, 3.63) is 18.2 Å².